The Bertz CT molecular complexity index is 421. The molecule has 0 aliphatic heterocycles. The molecule has 1 atom stereocenters. The van der Waals surface area contributed by atoms with E-state index in [0.29, 0.717) is 0 Å². The number of carbonyl (C=O) groups is 1. The number of hydrogen-bond donors (Lipinski definition) is 1. The zero-order valence-electron chi connectivity index (χ0n) is 7.54. The smallest absolute Gasteiger partial charge is 0.279 e. The van der Waals surface area contributed by atoms with Crippen LogP contribution in [-0.2, 0) is 14.9 Å². The van der Waals surface area contributed by atoms with E-state index in [9.17, 15) is 13.2 Å². The number of hydrogen-bond acceptors (Lipinski definition) is 3. The first-order valence-corrected chi connectivity index (χ1v) is 5.45. The minimum absolute atomic E-state index is 0.280. The van der Waals surface area contributed by atoms with Crippen LogP contribution in [0, 0.1) is 0 Å². The highest BCUT2D eigenvalue weighted by atomic mass is 32.2. The quantitative estimate of drug-likeness (QED) is 0.767. The summed E-state index contributed by atoms with van der Waals surface area (Å²) in [4.78, 5) is 11.1. The van der Waals surface area contributed by atoms with Crippen LogP contribution in [0.1, 0.15) is 17.7 Å². The highest BCUT2D eigenvalue weighted by molar-refractivity contribution is 7.86. The molecule has 0 bridgehead atoms. The van der Waals surface area contributed by atoms with E-state index in [1.165, 1.54) is 12.1 Å². The maximum absolute atomic E-state index is 11.1. The standard InChI is InChI=1S/C9H10O4S/c1-7(10)9(14(11,12)13)8-5-3-2-4-6-8/h2-6,9H,1H3,(H,11,12,13). The molecule has 1 aromatic carbocycles. The molecule has 0 aliphatic carbocycles. The number of ketones is 1. The van der Waals surface area contributed by atoms with E-state index in [2.05, 4.69) is 0 Å². The van der Waals surface area contributed by atoms with Crippen LogP contribution in [0.5, 0.6) is 0 Å². The lowest BCUT2D eigenvalue weighted by atomic mass is 10.1. The summed E-state index contributed by atoms with van der Waals surface area (Å²) in [5.74, 6) is -0.598. The third-order valence-electron chi connectivity index (χ3n) is 1.77. The Balaban J connectivity index is 3.22. The third kappa shape index (κ3) is 2.40. The Morgan fingerprint density at radius 1 is 1.29 bits per heavy atom. The lowest BCUT2D eigenvalue weighted by Crippen LogP contribution is -2.19. The van der Waals surface area contributed by atoms with E-state index >= 15 is 0 Å². The molecule has 14 heavy (non-hydrogen) atoms. The largest absolute Gasteiger partial charge is 0.298 e. The maximum atomic E-state index is 11.1. The zero-order chi connectivity index (χ0) is 10.8. The molecule has 0 saturated heterocycles. The molecule has 1 aromatic rings. The van der Waals surface area contributed by atoms with Gasteiger partial charge in [-0.1, -0.05) is 30.3 Å². The second kappa shape index (κ2) is 3.89. The average Bonchev–Trinajstić information content (AvgIpc) is 2.02. The van der Waals surface area contributed by atoms with Gasteiger partial charge in [-0.2, -0.15) is 8.42 Å². The molecule has 0 spiro atoms. The van der Waals surface area contributed by atoms with Crippen LogP contribution in [-0.4, -0.2) is 18.8 Å². The molecule has 1 rings (SSSR count). The first-order valence-electron chi connectivity index (χ1n) is 3.94. The fourth-order valence-electron chi connectivity index (χ4n) is 1.24. The summed E-state index contributed by atoms with van der Waals surface area (Å²) in [6.07, 6.45) is 0. The maximum Gasteiger partial charge on any atom is 0.279 e. The summed E-state index contributed by atoms with van der Waals surface area (Å²) in [7, 11) is -4.37. The van der Waals surface area contributed by atoms with Gasteiger partial charge in [0.05, 0.1) is 0 Å². The molecule has 0 fully saturated rings. The van der Waals surface area contributed by atoms with Gasteiger partial charge in [0.15, 0.2) is 11.0 Å². The first kappa shape index (κ1) is 10.9. The van der Waals surface area contributed by atoms with E-state index in [0.717, 1.165) is 6.92 Å². The van der Waals surface area contributed by atoms with Crippen molar-refractivity contribution >= 4 is 15.9 Å². The molecule has 5 heteroatoms. The number of Topliss-reactive ketones (excluding diaryl/α,β-unsaturated/α-hetero) is 1. The van der Waals surface area contributed by atoms with Gasteiger partial charge >= 0.3 is 0 Å². The van der Waals surface area contributed by atoms with Crippen LogP contribution in [0.4, 0.5) is 0 Å². The summed E-state index contributed by atoms with van der Waals surface area (Å²) >= 11 is 0. The minimum Gasteiger partial charge on any atom is -0.298 e. The van der Waals surface area contributed by atoms with Crippen LogP contribution < -0.4 is 0 Å². The predicted octanol–water partition coefficient (Wildman–Crippen LogP) is 1.20. The predicted molar refractivity (Wildman–Crippen MR) is 51.4 cm³/mol. The summed E-state index contributed by atoms with van der Waals surface area (Å²) in [6.45, 7) is 1.13. The van der Waals surface area contributed by atoms with Gasteiger partial charge in [0, 0.05) is 0 Å². The van der Waals surface area contributed by atoms with Crippen molar-refractivity contribution in [3.8, 4) is 0 Å². The molecular weight excluding hydrogens is 204 g/mol. The lowest BCUT2D eigenvalue weighted by molar-refractivity contribution is -0.116. The molecule has 76 valence electrons. The SMILES string of the molecule is CC(=O)C(c1ccccc1)S(=O)(=O)O. The molecule has 4 nitrogen and oxygen atoms in total. The molecule has 0 radical (unpaired) electrons. The monoisotopic (exact) mass is 214 g/mol. The van der Waals surface area contributed by atoms with Crippen molar-refractivity contribution in [1.29, 1.82) is 0 Å². The minimum atomic E-state index is -4.37. The molecule has 0 amide bonds. The molecule has 0 saturated carbocycles. The fourth-order valence-corrected chi connectivity index (χ4v) is 2.16. The van der Waals surface area contributed by atoms with Crippen molar-refractivity contribution < 1.29 is 17.8 Å². The average molecular weight is 214 g/mol. The van der Waals surface area contributed by atoms with E-state index in [1.54, 1.807) is 18.2 Å². The van der Waals surface area contributed by atoms with Gasteiger partial charge in [0.2, 0.25) is 0 Å². The summed E-state index contributed by atoms with van der Waals surface area (Å²) in [5.41, 5.74) is 0.280. The third-order valence-corrected chi connectivity index (χ3v) is 2.97. The molecule has 0 heterocycles. The molecule has 0 aromatic heterocycles. The highest BCUT2D eigenvalue weighted by Crippen LogP contribution is 2.21. The second-order valence-corrected chi connectivity index (χ2v) is 4.42. The first-order chi connectivity index (χ1) is 6.43. The number of benzene rings is 1. The van der Waals surface area contributed by atoms with E-state index < -0.39 is 21.2 Å². The Labute approximate surface area is 82.3 Å². The van der Waals surface area contributed by atoms with E-state index in [4.69, 9.17) is 4.55 Å². The van der Waals surface area contributed by atoms with Crippen molar-refractivity contribution in [3.05, 3.63) is 35.9 Å². The Kier molecular flexibility index (Phi) is 3.03. The van der Waals surface area contributed by atoms with Crippen molar-refractivity contribution in [1.82, 2.24) is 0 Å². The van der Waals surface area contributed by atoms with Gasteiger partial charge in [-0.25, -0.2) is 0 Å². The summed E-state index contributed by atoms with van der Waals surface area (Å²) in [6, 6.07) is 7.89. The van der Waals surface area contributed by atoms with Crippen LogP contribution in [0.3, 0.4) is 0 Å². The van der Waals surface area contributed by atoms with Gasteiger partial charge in [0.1, 0.15) is 0 Å². The Morgan fingerprint density at radius 2 is 1.79 bits per heavy atom. The van der Waals surface area contributed by atoms with Crippen molar-refractivity contribution in [2.24, 2.45) is 0 Å². The zero-order valence-corrected chi connectivity index (χ0v) is 8.36. The second-order valence-electron chi connectivity index (χ2n) is 2.92. The van der Waals surface area contributed by atoms with Gasteiger partial charge in [-0.15, -0.1) is 0 Å². The van der Waals surface area contributed by atoms with Crippen molar-refractivity contribution in [3.63, 3.8) is 0 Å². The van der Waals surface area contributed by atoms with Gasteiger partial charge in [-0.05, 0) is 12.5 Å². The molecule has 0 aliphatic rings. The molecule has 1 unspecified atom stereocenters. The van der Waals surface area contributed by atoms with E-state index in [1.807, 2.05) is 0 Å². The van der Waals surface area contributed by atoms with E-state index in [-0.39, 0.29) is 5.56 Å². The summed E-state index contributed by atoms with van der Waals surface area (Å²) in [5, 5.41) is -1.47. The van der Waals surface area contributed by atoms with Gasteiger partial charge in [-0.3, -0.25) is 9.35 Å². The lowest BCUT2D eigenvalue weighted by Gasteiger charge is -2.09. The van der Waals surface area contributed by atoms with Crippen molar-refractivity contribution in [2.75, 3.05) is 0 Å². The van der Waals surface area contributed by atoms with Crippen molar-refractivity contribution in [2.45, 2.75) is 12.2 Å². The van der Waals surface area contributed by atoms with Gasteiger partial charge < -0.3 is 0 Å². The highest BCUT2D eigenvalue weighted by Gasteiger charge is 2.29. The Morgan fingerprint density at radius 3 is 2.14 bits per heavy atom. The number of carbonyl (C=O) groups excluding carboxylic acids is 1. The molecule has 1 N–H and O–H groups in total. The fraction of sp³-hybridized carbons (Fsp3) is 0.222. The normalized spacial score (nSPS) is 13.6. The summed E-state index contributed by atoms with van der Waals surface area (Å²) < 4.78 is 30.7. The Hall–Kier alpha value is -1.20. The van der Waals surface area contributed by atoms with Crippen LogP contribution >= 0.6 is 0 Å². The van der Waals surface area contributed by atoms with Crippen LogP contribution in [0.25, 0.3) is 0 Å². The van der Waals surface area contributed by atoms with Crippen LogP contribution in [0.2, 0.25) is 0 Å². The van der Waals surface area contributed by atoms with Crippen LogP contribution in [0.15, 0.2) is 30.3 Å². The topological polar surface area (TPSA) is 71.4 Å². The number of rotatable bonds is 3. The van der Waals surface area contributed by atoms with Gasteiger partial charge in [0.25, 0.3) is 10.1 Å². The molecular formula is C9H10O4S.